The van der Waals surface area contributed by atoms with E-state index in [2.05, 4.69) is 16.9 Å². The first-order valence-electron chi connectivity index (χ1n) is 16.5. The van der Waals surface area contributed by atoms with Gasteiger partial charge in [0.1, 0.15) is 5.57 Å². The quantitative estimate of drug-likeness (QED) is 0.0830. The highest BCUT2D eigenvalue weighted by molar-refractivity contribution is 8.14. The van der Waals surface area contributed by atoms with Crippen molar-refractivity contribution in [1.29, 1.82) is 0 Å². The standard InChI is InChI=1S/C42H34Cl2N4O3S/c1-3-5-18-33(4-2)48-41(51)35(23-31-26-47(37-20-13-12-19-34(31)37)25-30-21-22-32(43)24-36(30)44)40(50)46-42(48)52-27-38(49)45-39(28-14-8-6-9-15-28)29-16-10-7-11-17-29/h3-24,26,39H,1,25,27H2,2H3,(H,45,49)/b18-5-,33-4+,35-23+. The van der Waals surface area contributed by atoms with E-state index in [4.69, 9.17) is 23.2 Å². The van der Waals surface area contributed by atoms with Crippen LogP contribution in [0.1, 0.15) is 35.2 Å². The molecule has 2 heterocycles. The van der Waals surface area contributed by atoms with Crippen LogP contribution in [0.3, 0.4) is 0 Å². The second kappa shape index (κ2) is 16.7. The summed E-state index contributed by atoms with van der Waals surface area (Å²) < 4.78 is 2.01. The van der Waals surface area contributed by atoms with Gasteiger partial charge in [-0.3, -0.25) is 19.3 Å². The van der Waals surface area contributed by atoms with E-state index in [0.717, 1.165) is 39.4 Å². The van der Waals surface area contributed by atoms with E-state index in [0.29, 0.717) is 27.9 Å². The Hall–Kier alpha value is -5.41. The molecule has 0 fully saturated rings. The second-order valence-electron chi connectivity index (χ2n) is 11.8. The average Bonchev–Trinajstić information content (AvgIpc) is 3.50. The number of carbonyl (C=O) groups excluding carboxylic acids is 3. The second-order valence-corrected chi connectivity index (χ2v) is 13.6. The number of hydrogen-bond donors (Lipinski definition) is 1. The fraction of sp³-hybridized carbons (Fsp3) is 0.0952. The third-order valence-corrected chi connectivity index (χ3v) is 9.91. The van der Waals surface area contributed by atoms with Crippen LogP contribution in [0.25, 0.3) is 17.0 Å². The van der Waals surface area contributed by atoms with Crippen molar-refractivity contribution in [3.63, 3.8) is 0 Å². The summed E-state index contributed by atoms with van der Waals surface area (Å²) in [6.07, 6.45) is 10.2. The molecule has 6 rings (SSSR count). The molecule has 0 aliphatic carbocycles. The summed E-state index contributed by atoms with van der Waals surface area (Å²) in [5.41, 5.74) is 4.63. The fourth-order valence-electron chi connectivity index (χ4n) is 5.90. The molecular formula is C42H34Cl2N4O3S. The molecule has 4 aromatic carbocycles. The molecule has 1 aliphatic rings. The first-order valence-corrected chi connectivity index (χ1v) is 18.2. The Morgan fingerprint density at radius 3 is 2.27 bits per heavy atom. The normalized spacial score (nSPS) is 14.5. The number of para-hydroxylation sites is 1. The van der Waals surface area contributed by atoms with Crippen molar-refractivity contribution >= 4 is 74.8 Å². The number of hydrogen-bond acceptors (Lipinski definition) is 4. The van der Waals surface area contributed by atoms with Gasteiger partial charge in [-0.25, -0.2) is 0 Å². The monoisotopic (exact) mass is 744 g/mol. The lowest BCUT2D eigenvalue weighted by molar-refractivity contribution is -0.126. The summed E-state index contributed by atoms with van der Waals surface area (Å²) in [5, 5.41) is 5.13. The number of thioether (sulfide) groups is 1. The van der Waals surface area contributed by atoms with Crippen LogP contribution in [0, 0.1) is 0 Å². The molecule has 5 aromatic rings. The third kappa shape index (κ3) is 8.21. The van der Waals surface area contributed by atoms with Gasteiger partial charge in [0.25, 0.3) is 11.8 Å². The summed E-state index contributed by atoms with van der Waals surface area (Å²) in [6.45, 7) is 5.98. The number of amidine groups is 1. The molecule has 0 saturated heterocycles. The van der Waals surface area contributed by atoms with Crippen molar-refractivity contribution in [2.75, 3.05) is 5.75 Å². The maximum Gasteiger partial charge on any atom is 0.285 e. The van der Waals surface area contributed by atoms with Gasteiger partial charge in [0.2, 0.25) is 5.91 Å². The minimum absolute atomic E-state index is 0.0893. The first kappa shape index (κ1) is 36.4. The molecule has 0 saturated carbocycles. The van der Waals surface area contributed by atoms with Crippen LogP contribution in [0.5, 0.6) is 0 Å². The topological polar surface area (TPSA) is 83.8 Å². The number of nitrogens with zero attached hydrogens (tertiary/aromatic N) is 3. The maximum absolute atomic E-state index is 14.3. The molecule has 0 radical (unpaired) electrons. The van der Waals surface area contributed by atoms with Crippen molar-refractivity contribution in [1.82, 2.24) is 14.8 Å². The Labute approximate surface area is 316 Å². The highest BCUT2D eigenvalue weighted by Crippen LogP contribution is 2.31. The van der Waals surface area contributed by atoms with E-state index in [1.807, 2.05) is 102 Å². The average molecular weight is 746 g/mol. The van der Waals surface area contributed by atoms with Crippen molar-refractivity contribution in [3.05, 3.63) is 184 Å². The van der Waals surface area contributed by atoms with E-state index >= 15 is 0 Å². The number of nitrogens with one attached hydrogen (secondary N) is 1. The van der Waals surface area contributed by atoms with Crippen molar-refractivity contribution in [2.24, 2.45) is 4.99 Å². The molecule has 0 spiro atoms. The molecule has 10 heteroatoms. The summed E-state index contributed by atoms with van der Waals surface area (Å²) in [5.74, 6) is -1.64. The molecule has 1 aromatic heterocycles. The first-order chi connectivity index (χ1) is 25.3. The minimum atomic E-state index is -0.698. The predicted octanol–water partition coefficient (Wildman–Crippen LogP) is 9.39. The molecule has 260 valence electrons. The molecule has 3 amide bonds. The summed E-state index contributed by atoms with van der Waals surface area (Å²) in [6, 6.07) is 32.0. The summed E-state index contributed by atoms with van der Waals surface area (Å²) in [7, 11) is 0. The smallest absolute Gasteiger partial charge is 0.285 e. The van der Waals surface area contributed by atoms with Gasteiger partial charge >= 0.3 is 0 Å². The van der Waals surface area contributed by atoms with E-state index in [1.165, 1.54) is 4.90 Å². The van der Waals surface area contributed by atoms with E-state index in [9.17, 15) is 14.4 Å². The largest absolute Gasteiger partial charge is 0.344 e. The van der Waals surface area contributed by atoms with Gasteiger partial charge in [0.15, 0.2) is 5.17 Å². The van der Waals surface area contributed by atoms with Gasteiger partial charge in [0.05, 0.1) is 11.8 Å². The van der Waals surface area contributed by atoms with Crippen LogP contribution in [-0.4, -0.2) is 38.1 Å². The van der Waals surface area contributed by atoms with Gasteiger partial charge < -0.3 is 9.88 Å². The highest BCUT2D eigenvalue weighted by Gasteiger charge is 2.35. The lowest BCUT2D eigenvalue weighted by Gasteiger charge is -2.28. The van der Waals surface area contributed by atoms with Crippen molar-refractivity contribution in [3.8, 4) is 0 Å². The van der Waals surface area contributed by atoms with Crippen LogP contribution in [-0.2, 0) is 20.9 Å². The summed E-state index contributed by atoms with van der Waals surface area (Å²) in [4.78, 5) is 47.2. The molecule has 7 nitrogen and oxygen atoms in total. The van der Waals surface area contributed by atoms with Crippen molar-refractivity contribution < 1.29 is 14.4 Å². The van der Waals surface area contributed by atoms with E-state index in [-0.39, 0.29) is 22.4 Å². The number of carbonyl (C=O) groups is 3. The molecule has 0 atom stereocenters. The zero-order valence-electron chi connectivity index (χ0n) is 28.2. The Bertz CT molecular complexity index is 2240. The lowest BCUT2D eigenvalue weighted by atomic mass is 9.99. The molecule has 0 unspecified atom stereocenters. The number of amides is 3. The predicted molar refractivity (Wildman–Crippen MR) is 213 cm³/mol. The van der Waals surface area contributed by atoms with Gasteiger partial charge in [-0.1, -0.05) is 145 Å². The minimum Gasteiger partial charge on any atom is -0.344 e. The van der Waals surface area contributed by atoms with Crippen LogP contribution in [0.4, 0.5) is 0 Å². The fourth-order valence-corrected chi connectivity index (χ4v) is 7.18. The van der Waals surface area contributed by atoms with Gasteiger partial charge in [-0.05, 0) is 54.0 Å². The third-order valence-electron chi connectivity index (χ3n) is 8.39. The Kier molecular flexibility index (Phi) is 11.7. The number of benzene rings is 4. The number of aliphatic imine (C=N–C) groups is 1. The lowest BCUT2D eigenvalue weighted by Crippen LogP contribution is -2.42. The van der Waals surface area contributed by atoms with Crippen molar-refractivity contribution in [2.45, 2.75) is 19.5 Å². The SMILES string of the molecule is C=C/C=C\C(=C/C)N1C(=O)/C(=C/c2cn(Cc3ccc(Cl)cc3Cl)c3ccccc23)C(=O)N=C1SCC(=O)NC(c1ccccc1)c1ccccc1. The van der Waals surface area contributed by atoms with Crippen LogP contribution < -0.4 is 5.32 Å². The molecule has 52 heavy (non-hydrogen) atoms. The highest BCUT2D eigenvalue weighted by atomic mass is 35.5. The van der Waals surface area contributed by atoms with Crippen LogP contribution in [0.2, 0.25) is 10.0 Å². The van der Waals surface area contributed by atoms with Crippen LogP contribution in [0.15, 0.2) is 156 Å². The van der Waals surface area contributed by atoms with Gasteiger partial charge in [-0.15, -0.1) is 0 Å². The summed E-state index contributed by atoms with van der Waals surface area (Å²) >= 11 is 13.6. The van der Waals surface area contributed by atoms with Gasteiger partial charge in [-0.2, -0.15) is 4.99 Å². The van der Waals surface area contributed by atoms with Crippen LogP contribution >= 0.6 is 35.0 Å². The Morgan fingerprint density at radius 1 is 0.942 bits per heavy atom. The zero-order chi connectivity index (χ0) is 36.6. The number of aromatic nitrogens is 1. The number of fused-ring (bicyclic) bond motifs is 1. The number of allylic oxidation sites excluding steroid dienone is 4. The Balaban J connectivity index is 1.31. The molecule has 0 bridgehead atoms. The Morgan fingerprint density at radius 2 is 1.62 bits per heavy atom. The number of halogens is 2. The molecule has 1 aliphatic heterocycles. The number of rotatable bonds is 11. The molecule has 1 N–H and O–H groups in total. The van der Waals surface area contributed by atoms with Gasteiger partial charge in [0, 0.05) is 45.0 Å². The molecular weight excluding hydrogens is 711 g/mol. The zero-order valence-corrected chi connectivity index (χ0v) is 30.5. The maximum atomic E-state index is 14.3. The van der Waals surface area contributed by atoms with E-state index < -0.39 is 17.9 Å². The van der Waals surface area contributed by atoms with E-state index in [1.54, 1.807) is 49.4 Å².